The Balaban J connectivity index is 1.41. The number of piperazine rings is 1. The molecule has 1 fully saturated rings. The molecule has 2 aromatic rings. The van der Waals surface area contributed by atoms with E-state index in [0.717, 1.165) is 32.7 Å². The maximum atomic E-state index is 12.4. The molecule has 1 atom stereocenters. The van der Waals surface area contributed by atoms with Crippen molar-refractivity contribution in [2.75, 3.05) is 26.2 Å². The van der Waals surface area contributed by atoms with Crippen LogP contribution in [0.4, 0.5) is 0 Å². The zero-order chi connectivity index (χ0) is 15.6. The largest absolute Gasteiger partial charge is 0.297 e. The zero-order valence-electron chi connectivity index (χ0n) is 13.3. The number of rotatable bonds is 3. The first kappa shape index (κ1) is 14.6. The number of carbonyl (C=O) groups is 1. The third kappa shape index (κ3) is 2.94. The molecule has 3 heteroatoms. The first-order chi connectivity index (χ1) is 11.3. The molecule has 0 spiro atoms. The number of ketones is 1. The third-order valence-electron chi connectivity index (χ3n) is 5.04. The number of benzene rings is 2. The van der Waals surface area contributed by atoms with E-state index in [9.17, 15) is 4.79 Å². The fourth-order valence-corrected chi connectivity index (χ4v) is 3.84. The summed E-state index contributed by atoms with van der Waals surface area (Å²) in [5, 5.41) is 0. The summed E-state index contributed by atoms with van der Waals surface area (Å²) in [5.41, 5.74) is 3.81. The predicted octanol–water partition coefficient (Wildman–Crippen LogP) is 2.67. The Morgan fingerprint density at radius 2 is 1.57 bits per heavy atom. The lowest BCUT2D eigenvalue weighted by Gasteiger charge is -2.37. The van der Waals surface area contributed by atoms with Gasteiger partial charge in [0.15, 0.2) is 5.78 Å². The molecule has 0 amide bonds. The first-order valence-corrected chi connectivity index (χ1v) is 8.42. The lowest BCUT2D eigenvalue weighted by atomic mass is 10.1. The SMILES string of the molecule is O=C1Cc2ccccc2C1N1CCN(Cc2ccccc2)CC1. The quantitative estimate of drug-likeness (QED) is 0.871. The maximum absolute atomic E-state index is 12.4. The summed E-state index contributed by atoms with van der Waals surface area (Å²) in [5.74, 6) is 0.364. The summed E-state index contributed by atoms with van der Waals surface area (Å²) in [6, 6.07) is 18.9. The summed E-state index contributed by atoms with van der Waals surface area (Å²) >= 11 is 0. The molecular weight excluding hydrogens is 284 g/mol. The van der Waals surface area contributed by atoms with E-state index < -0.39 is 0 Å². The van der Waals surface area contributed by atoms with Crippen LogP contribution in [0.2, 0.25) is 0 Å². The van der Waals surface area contributed by atoms with Crippen LogP contribution in [0.25, 0.3) is 0 Å². The normalized spacial score (nSPS) is 22.3. The minimum absolute atomic E-state index is 0.00919. The van der Waals surface area contributed by atoms with E-state index in [-0.39, 0.29) is 6.04 Å². The van der Waals surface area contributed by atoms with Gasteiger partial charge in [0.05, 0.1) is 6.04 Å². The van der Waals surface area contributed by atoms with E-state index in [0.29, 0.717) is 12.2 Å². The molecular formula is C20H22N2O. The van der Waals surface area contributed by atoms with Gasteiger partial charge in [-0.05, 0) is 16.7 Å². The predicted molar refractivity (Wildman–Crippen MR) is 91.2 cm³/mol. The van der Waals surface area contributed by atoms with Gasteiger partial charge in [-0.1, -0.05) is 54.6 Å². The van der Waals surface area contributed by atoms with Crippen LogP contribution in [0, 0.1) is 0 Å². The summed E-state index contributed by atoms with van der Waals surface area (Å²) in [7, 11) is 0. The van der Waals surface area contributed by atoms with Crippen LogP contribution < -0.4 is 0 Å². The molecule has 0 aromatic heterocycles. The molecule has 0 radical (unpaired) electrons. The van der Waals surface area contributed by atoms with Crippen LogP contribution in [-0.4, -0.2) is 41.8 Å². The van der Waals surface area contributed by atoms with Gasteiger partial charge in [0.1, 0.15) is 0 Å². The van der Waals surface area contributed by atoms with Crippen molar-refractivity contribution in [2.45, 2.75) is 19.0 Å². The topological polar surface area (TPSA) is 23.6 Å². The molecule has 2 aromatic carbocycles. The van der Waals surface area contributed by atoms with Crippen molar-refractivity contribution in [3.05, 3.63) is 71.3 Å². The molecule has 1 heterocycles. The number of carbonyl (C=O) groups excluding carboxylic acids is 1. The summed E-state index contributed by atoms with van der Waals surface area (Å²) < 4.78 is 0. The number of hydrogen-bond acceptors (Lipinski definition) is 3. The van der Waals surface area contributed by atoms with Crippen LogP contribution in [0.1, 0.15) is 22.7 Å². The summed E-state index contributed by atoms with van der Waals surface area (Å²) in [6.45, 7) is 5.00. The van der Waals surface area contributed by atoms with Crippen molar-refractivity contribution in [2.24, 2.45) is 0 Å². The van der Waals surface area contributed by atoms with Gasteiger partial charge in [-0.15, -0.1) is 0 Å². The van der Waals surface area contributed by atoms with Gasteiger partial charge in [-0.2, -0.15) is 0 Å². The Morgan fingerprint density at radius 1 is 0.870 bits per heavy atom. The van der Waals surface area contributed by atoms with E-state index >= 15 is 0 Å². The van der Waals surface area contributed by atoms with E-state index in [4.69, 9.17) is 0 Å². The molecule has 0 N–H and O–H groups in total. The Morgan fingerprint density at radius 3 is 2.35 bits per heavy atom. The molecule has 23 heavy (non-hydrogen) atoms. The second-order valence-corrected chi connectivity index (χ2v) is 6.54. The number of fused-ring (bicyclic) bond motifs is 1. The Kier molecular flexibility index (Phi) is 3.98. The smallest absolute Gasteiger partial charge is 0.158 e. The molecule has 0 saturated carbocycles. The molecule has 1 aliphatic heterocycles. The van der Waals surface area contributed by atoms with Crippen molar-refractivity contribution >= 4 is 5.78 Å². The van der Waals surface area contributed by atoms with Crippen LogP contribution in [0.3, 0.4) is 0 Å². The zero-order valence-corrected chi connectivity index (χ0v) is 13.3. The van der Waals surface area contributed by atoms with Gasteiger partial charge in [0.2, 0.25) is 0 Å². The van der Waals surface area contributed by atoms with Crippen molar-refractivity contribution in [3.8, 4) is 0 Å². The molecule has 3 nitrogen and oxygen atoms in total. The van der Waals surface area contributed by atoms with Crippen molar-refractivity contribution in [3.63, 3.8) is 0 Å². The van der Waals surface area contributed by atoms with E-state index in [1.807, 2.05) is 6.07 Å². The third-order valence-corrected chi connectivity index (χ3v) is 5.04. The van der Waals surface area contributed by atoms with Crippen molar-refractivity contribution < 1.29 is 4.79 Å². The van der Waals surface area contributed by atoms with Gasteiger partial charge < -0.3 is 0 Å². The molecule has 4 rings (SSSR count). The maximum Gasteiger partial charge on any atom is 0.158 e. The van der Waals surface area contributed by atoms with Gasteiger partial charge in [-0.25, -0.2) is 0 Å². The van der Waals surface area contributed by atoms with Crippen LogP contribution in [0.5, 0.6) is 0 Å². The second-order valence-electron chi connectivity index (χ2n) is 6.54. The minimum Gasteiger partial charge on any atom is -0.297 e. The second kappa shape index (κ2) is 6.26. The van der Waals surface area contributed by atoms with E-state index in [2.05, 4.69) is 58.3 Å². The molecule has 0 bridgehead atoms. The summed E-state index contributed by atoms with van der Waals surface area (Å²) in [6.07, 6.45) is 0.602. The average Bonchev–Trinajstić information content (AvgIpc) is 2.92. The fraction of sp³-hybridized carbons (Fsp3) is 0.350. The number of Topliss-reactive ketones (excluding diaryl/α,β-unsaturated/α-hetero) is 1. The molecule has 1 saturated heterocycles. The lowest BCUT2D eigenvalue weighted by molar-refractivity contribution is -0.123. The van der Waals surface area contributed by atoms with Gasteiger partial charge >= 0.3 is 0 Å². The highest BCUT2D eigenvalue weighted by Crippen LogP contribution is 2.33. The molecule has 118 valence electrons. The number of hydrogen-bond donors (Lipinski definition) is 0. The highest BCUT2D eigenvalue weighted by atomic mass is 16.1. The standard InChI is InChI=1S/C20H22N2O/c23-19-14-17-8-4-5-9-18(17)20(19)22-12-10-21(11-13-22)15-16-6-2-1-3-7-16/h1-9,20H,10-15H2. The highest BCUT2D eigenvalue weighted by molar-refractivity contribution is 5.92. The van der Waals surface area contributed by atoms with E-state index in [1.54, 1.807) is 0 Å². The van der Waals surface area contributed by atoms with Crippen LogP contribution >= 0.6 is 0 Å². The van der Waals surface area contributed by atoms with Crippen LogP contribution in [0.15, 0.2) is 54.6 Å². The monoisotopic (exact) mass is 306 g/mol. The van der Waals surface area contributed by atoms with Crippen LogP contribution in [-0.2, 0) is 17.8 Å². The molecule has 1 aliphatic carbocycles. The summed E-state index contributed by atoms with van der Waals surface area (Å²) in [4.78, 5) is 17.3. The molecule has 2 aliphatic rings. The van der Waals surface area contributed by atoms with Crippen molar-refractivity contribution in [1.29, 1.82) is 0 Å². The van der Waals surface area contributed by atoms with Gasteiger partial charge in [-0.3, -0.25) is 14.6 Å². The first-order valence-electron chi connectivity index (χ1n) is 8.42. The highest BCUT2D eigenvalue weighted by Gasteiger charge is 2.36. The van der Waals surface area contributed by atoms with Gasteiger partial charge in [0.25, 0.3) is 0 Å². The Bertz CT molecular complexity index is 690. The Labute approximate surface area is 137 Å². The fourth-order valence-electron chi connectivity index (χ4n) is 3.84. The Hall–Kier alpha value is -1.97. The van der Waals surface area contributed by atoms with Crippen molar-refractivity contribution in [1.82, 2.24) is 9.80 Å². The molecule has 1 unspecified atom stereocenters. The average molecular weight is 306 g/mol. The lowest BCUT2D eigenvalue weighted by Crippen LogP contribution is -2.48. The van der Waals surface area contributed by atoms with E-state index in [1.165, 1.54) is 16.7 Å². The number of nitrogens with zero attached hydrogens (tertiary/aromatic N) is 2. The minimum atomic E-state index is -0.00919. The van der Waals surface area contributed by atoms with Gasteiger partial charge in [0, 0.05) is 39.1 Å².